The van der Waals surface area contributed by atoms with Crippen LogP contribution in [0.15, 0.2) is 18.2 Å². The van der Waals surface area contributed by atoms with Gasteiger partial charge in [-0.15, -0.1) is 0 Å². The van der Waals surface area contributed by atoms with Crippen LogP contribution in [0.1, 0.15) is 44.7 Å². The zero-order valence-corrected chi connectivity index (χ0v) is 12.7. The summed E-state index contributed by atoms with van der Waals surface area (Å²) < 4.78 is 5.45. The number of methoxy groups -OCH3 is 1. The number of ether oxygens (including phenoxy) is 1. The molecule has 1 fully saturated rings. The van der Waals surface area contributed by atoms with Gasteiger partial charge in [0.15, 0.2) is 0 Å². The van der Waals surface area contributed by atoms with Crippen LogP contribution in [0, 0.1) is 0 Å². The maximum absolute atomic E-state index is 10.2. The summed E-state index contributed by atoms with van der Waals surface area (Å²) in [6.07, 6.45) is 2.62. The van der Waals surface area contributed by atoms with Crippen molar-refractivity contribution >= 4 is 5.69 Å². The average molecular weight is 278 g/mol. The Labute approximate surface area is 121 Å². The summed E-state index contributed by atoms with van der Waals surface area (Å²) in [6, 6.07) is 5.98. The van der Waals surface area contributed by atoms with E-state index >= 15 is 0 Å². The monoisotopic (exact) mass is 278 g/mol. The van der Waals surface area contributed by atoms with Gasteiger partial charge in [-0.25, -0.2) is 0 Å². The van der Waals surface area contributed by atoms with E-state index < -0.39 is 5.60 Å². The van der Waals surface area contributed by atoms with Crippen molar-refractivity contribution in [3.05, 3.63) is 23.8 Å². The van der Waals surface area contributed by atoms with Crippen molar-refractivity contribution in [2.75, 3.05) is 25.1 Å². The molecule has 1 aromatic carbocycles. The number of aliphatic hydroxyl groups is 1. The van der Waals surface area contributed by atoms with E-state index in [1.54, 1.807) is 7.11 Å². The number of nitrogens with zero attached hydrogens (tertiary/aromatic N) is 1. The van der Waals surface area contributed by atoms with Crippen LogP contribution in [0.25, 0.3) is 0 Å². The SMILES string of the molecule is COc1cccc(N2CCCC(C)(O)CC2)c1C(C)N. The van der Waals surface area contributed by atoms with Gasteiger partial charge in [0.2, 0.25) is 0 Å². The lowest BCUT2D eigenvalue weighted by molar-refractivity contribution is 0.0481. The molecule has 1 aliphatic rings. The summed E-state index contributed by atoms with van der Waals surface area (Å²) >= 11 is 0. The van der Waals surface area contributed by atoms with Crippen molar-refractivity contribution in [1.82, 2.24) is 0 Å². The van der Waals surface area contributed by atoms with Crippen LogP contribution in [0.3, 0.4) is 0 Å². The third-order valence-corrected chi connectivity index (χ3v) is 4.12. The van der Waals surface area contributed by atoms with E-state index in [0.717, 1.165) is 49.4 Å². The van der Waals surface area contributed by atoms with Crippen LogP contribution in [-0.4, -0.2) is 30.9 Å². The highest BCUT2D eigenvalue weighted by molar-refractivity contribution is 5.60. The molecule has 2 atom stereocenters. The van der Waals surface area contributed by atoms with Gasteiger partial charge in [-0.2, -0.15) is 0 Å². The molecule has 0 bridgehead atoms. The van der Waals surface area contributed by atoms with Crippen LogP contribution >= 0.6 is 0 Å². The number of benzene rings is 1. The van der Waals surface area contributed by atoms with E-state index in [0.29, 0.717) is 0 Å². The molecule has 2 rings (SSSR count). The van der Waals surface area contributed by atoms with Crippen molar-refractivity contribution in [3.63, 3.8) is 0 Å². The zero-order valence-electron chi connectivity index (χ0n) is 12.7. The Kier molecular flexibility index (Phi) is 4.55. The summed E-state index contributed by atoms with van der Waals surface area (Å²) in [6.45, 7) is 5.70. The first-order valence-electron chi connectivity index (χ1n) is 7.34. The molecule has 0 amide bonds. The molecule has 4 nitrogen and oxygen atoms in total. The molecule has 0 radical (unpaired) electrons. The zero-order chi connectivity index (χ0) is 14.8. The fraction of sp³-hybridized carbons (Fsp3) is 0.625. The first kappa shape index (κ1) is 15.1. The van der Waals surface area contributed by atoms with Crippen LogP contribution in [-0.2, 0) is 0 Å². The number of nitrogens with two attached hydrogens (primary N) is 1. The van der Waals surface area contributed by atoms with Gasteiger partial charge >= 0.3 is 0 Å². The molecule has 4 heteroatoms. The fourth-order valence-electron chi connectivity index (χ4n) is 2.95. The molecular formula is C16H26N2O2. The van der Waals surface area contributed by atoms with Crippen LogP contribution in [0.2, 0.25) is 0 Å². The highest BCUT2D eigenvalue weighted by Gasteiger charge is 2.27. The predicted molar refractivity (Wildman–Crippen MR) is 82.3 cm³/mol. The second-order valence-corrected chi connectivity index (χ2v) is 6.02. The maximum Gasteiger partial charge on any atom is 0.125 e. The van der Waals surface area contributed by atoms with Crippen LogP contribution in [0.5, 0.6) is 5.75 Å². The van der Waals surface area contributed by atoms with Crippen molar-refractivity contribution in [2.45, 2.75) is 44.8 Å². The van der Waals surface area contributed by atoms with Crippen LogP contribution in [0.4, 0.5) is 5.69 Å². The molecule has 1 aromatic rings. The van der Waals surface area contributed by atoms with E-state index in [-0.39, 0.29) is 6.04 Å². The summed E-state index contributed by atoms with van der Waals surface area (Å²) in [4.78, 5) is 2.32. The molecule has 0 aliphatic carbocycles. The highest BCUT2D eigenvalue weighted by Crippen LogP contribution is 2.35. The maximum atomic E-state index is 10.2. The van der Waals surface area contributed by atoms with Gasteiger partial charge < -0.3 is 20.5 Å². The number of hydrogen-bond acceptors (Lipinski definition) is 4. The molecule has 2 unspecified atom stereocenters. The lowest BCUT2D eigenvalue weighted by Gasteiger charge is -2.28. The minimum absolute atomic E-state index is 0.0788. The number of anilines is 1. The Morgan fingerprint density at radius 1 is 1.35 bits per heavy atom. The smallest absolute Gasteiger partial charge is 0.125 e. The third-order valence-electron chi connectivity index (χ3n) is 4.12. The van der Waals surface area contributed by atoms with E-state index in [9.17, 15) is 5.11 Å². The van der Waals surface area contributed by atoms with E-state index in [1.165, 1.54) is 0 Å². The minimum atomic E-state index is -0.553. The molecule has 1 heterocycles. The van der Waals surface area contributed by atoms with E-state index in [4.69, 9.17) is 10.5 Å². The molecule has 0 spiro atoms. The molecule has 20 heavy (non-hydrogen) atoms. The Morgan fingerprint density at radius 2 is 2.10 bits per heavy atom. The summed E-state index contributed by atoms with van der Waals surface area (Å²) in [7, 11) is 1.68. The predicted octanol–water partition coefficient (Wildman–Crippen LogP) is 2.46. The summed E-state index contributed by atoms with van der Waals surface area (Å²) in [5, 5.41) is 10.2. The Morgan fingerprint density at radius 3 is 2.75 bits per heavy atom. The van der Waals surface area contributed by atoms with Gasteiger partial charge in [0.1, 0.15) is 5.75 Å². The molecular weight excluding hydrogens is 252 g/mol. The van der Waals surface area contributed by atoms with Crippen molar-refractivity contribution in [2.24, 2.45) is 5.73 Å². The first-order valence-corrected chi connectivity index (χ1v) is 7.34. The minimum Gasteiger partial charge on any atom is -0.496 e. The normalized spacial score (nSPS) is 25.1. The van der Waals surface area contributed by atoms with Gasteiger partial charge in [-0.05, 0) is 45.2 Å². The highest BCUT2D eigenvalue weighted by atomic mass is 16.5. The second-order valence-electron chi connectivity index (χ2n) is 6.02. The fourth-order valence-corrected chi connectivity index (χ4v) is 2.95. The topological polar surface area (TPSA) is 58.7 Å². The summed E-state index contributed by atoms with van der Waals surface area (Å²) in [5.41, 5.74) is 7.77. The van der Waals surface area contributed by atoms with Crippen LogP contribution < -0.4 is 15.4 Å². The van der Waals surface area contributed by atoms with E-state index in [2.05, 4.69) is 11.0 Å². The Hall–Kier alpha value is -1.26. The second kappa shape index (κ2) is 6.02. The quantitative estimate of drug-likeness (QED) is 0.891. The molecule has 1 saturated heterocycles. The lowest BCUT2D eigenvalue weighted by Crippen LogP contribution is -2.29. The van der Waals surface area contributed by atoms with Gasteiger partial charge in [-0.3, -0.25) is 0 Å². The molecule has 0 saturated carbocycles. The standard InChI is InChI=1S/C16H26N2O2/c1-12(17)15-13(6-4-7-14(15)20-3)18-10-5-8-16(2,19)9-11-18/h4,6-7,12,19H,5,8-11,17H2,1-3H3. The van der Waals surface area contributed by atoms with Crippen molar-refractivity contribution in [1.29, 1.82) is 0 Å². The number of hydrogen-bond donors (Lipinski definition) is 2. The molecule has 3 N–H and O–H groups in total. The lowest BCUT2D eigenvalue weighted by atomic mass is 9.98. The average Bonchev–Trinajstić information content (AvgIpc) is 2.58. The first-order chi connectivity index (χ1) is 9.44. The van der Waals surface area contributed by atoms with Crippen molar-refractivity contribution in [3.8, 4) is 5.75 Å². The van der Waals surface area contributed by atoms with E-state index in [1.807, 2.05) is 26.0 Å². The molecule has 1 aliphatic heterocycles. The Balaban J connectivity index is 2.32. The largest absolute Gasteiger partial charge is 0.496 e. The summed E-state index contributed by atoms with van der Waals surface area (Å²) in [5.74, 6) is 0.841. The molecule has 0 aromatic heterocycles. The van der Waals surface area contributed by atoms with Crippen molar-refractivity contribution < 1.29 is 9.84 Å². The number of rotatable bonds is 3. The Bertz CT molecular complexity index is 458. The van der Waals surface area contributed by atoms with Gasteiger partial charge in [-0.1, -0.05) is 6.07 Å². The third kappa shape index (κ3) is 3.25. The van der Waals surface area contributed by atoms with Gasteiger partial charge in [0.25, 0.3) is 0 Å². The van der Waals surface area contributed by atoms with Gasteiger partial charge in [0.05, 0.1) is 12.7 Å². The molecule has 112 valence electrons. The van der Waals surface area contributed by atoms with Gasteiger partial charge in [0, 0.05) is 30.4 Å².